The second kappa shape index (κ2) is 4.96. The van der Waals surface area contributed by atoms with Crippen LogP contribution in [0, 0.1) is 0 Å². The summed E-state index contributed by atoms with van der Waals surface area (Å²) in [7, 11) is 1.62. The van der Waals surface area contributed by atoms with Gasteiger partial charge in [0, 0.05) is 10.1 Å². The van der Waals surface area contributed by atoms with Crippen LogP contribution in [0.5, 0.6) is 5.75 Å². The predicted octanol–water partition coefficient (Wildman–Crippen LogP) is 3.02. The highest BCUT2D eigenvalue weighted by Gasteiger charge is 2.01. The van der Waals surface area contributed by atoms with Crippen LogP contribution >= 0.6 is 15.9 Å². The molecule has 0 aliphatic rings. The minimum atomic E-state index is 0.676. The van der Waals surface area contributed by atoms with Crippen LogP contribution in [0.4, 0.5) is 0 Å². The van der Waals surface area contributed by atoms with Gasteiger partial charge in [-0.2, -0.15) is 0 Å². The van der Waals surface area contributed by atoms with E-state index in [0.29, 0.717) is 5.57 Å². The molecule has 0 spiro atoms. The van der Waals surface area contributed by atoms with Gasteiger partial charge in [0.1, 0.15) is 12.0 Å². The third-order valence-corrected chi connectivity index (χ3v) is 2.95. The Morgan fingerprint density at radius 1 is 1.36 bits per heavy atom. The summed E-state index contributed by atoms with van der Waals surface area (Å²) in [5.41, 5.74) is 1.64. The number of hydrogen-bond acceptors (Lipinski definition) is 2. The van der Waals surface area contributed by atoms with Crippen LogP contribution in [0.3, 0.4) is 0 Å². The van der Waals surface area contributed by atoms with E-state index in [0.717, 1.165) is 22.1 Å². The lowest BCUT2D eigenvalue weighted by molar-refractivity contribution is -0.104. The van der Waals surface area contributed by atoms with Crippen molar-refractivity contribution in [2.75, 3.05) is 7.11 Å². The number of hydrogen-bond donors (Lipinski definition) is 0. The van der Waals surface area contributed by atoms with Crippen molar-refractivity contribution in [3.8, 4) is 5.75 Å². The molecule has 2 nitrogen and oxygen atoms in total. The molecule has 0 N–H and O–H groups in total. The molecule has 0 saturated heterocycles. The number of carbonyl (C=O) groups excluding carboxylic acids is 1. The third kappa shape index (κ3) is 2.45. The number of methoxy groups -OCH3 is 1. The zero-order valence-corrected chi connectivity index (χ0v) is 9.67. The number of benzene rings is 1. The minimum absolute atomic E-state index is 0.676. The molecule has 0 aliphatic carbocycles. The molecule has 74 valence electrons. The summed E-state index contributed by atoms with van der Waals surface area (Å²) in [5.74, 6) is 0.804. The number of carbonyl (C=O) groups is 1. The molecule has 0 fully saturated rings. The average Bonchev–Trinajstić information content (AvgIpc) is 2.27. The molecule has 0 radical (unpaired) electrons. The summed E-state index contributed by atoms with van der Waals surface area (Å²) in [6.07, 6.45) is 0.828. The first-order chi connectivity index (χ1) is 6.69. The summed E-state index contributed by atoms with van der Waals surface area (Å²) < 4.78 is 5.85. The molecule has 1 aromatic rings. The molecule has 0 atom stereocenters. The van der Waals surface area contributed by atoms with Gasteiger partial charge in [0.25, 0.3) is 0 Å². The molecule has 1 rings (SSSR count). The molecule has 0 aromatic heterocycles. The van der Waals surface area contributed by atoms with Gasteiger partial charge in [-0.15, -0.1) is 0 Å². The van der Waals surface area contributed by atoms with Crippen LogP contribution in [-0.2, 0) is 4.79 Å². The Balaban J connectivity index is 3.03. The molecule has 0 aliphatic heterocycles. The predicted molar refractivity (Wildman–Crippen MR) is 60.6 cm³/mol. The van der Waals surface area contributed by atoms with E-state index in [1.54, 1.807) is 14.0 Å². The van der Waals surface area contributed by atoms with Gasteiger partial charge in [-0.05, 0) is 40.5 Å². The van der Waals surface area contributed by atoms with Crippen LogP contribution in [-0.4, -0.2) is 13.4 Å². The van der Waals surface area contributed by atoms with E-state index in [2.05, 4.69) is 15.9 Å². The zero-order chi connectivity index (χ0) is 10.6. The lowest BCUT2D eigenvalue weighted by Gasteiger charge is -2.03. The molecule has 1 aromatic carbocycles. The number of allylic oxidation sites excluding steroid dienone is 1. The van der Waals surface area contributed by atoms with Gasteiger partial charge < -0.3 is 4.74 Å². The molecule has 0 amide bonds. The summed E-state index contributed by atoms with van der Waals surface area (Å²) in [4.78, 5) is 10.5. The largest absolute Gasteiger partial charge is 0.497 e. The van der Waals surface area contributed by atoms with Crippen molar-refractivity contribution in [3.05, 3.63) is 35.4 Å². The lowest BCUT2D eigenvalue weighted by Crippen LogP contribution is -1.85. The van der Waals surface area contributed by atoms with Crippen molar-refractivity contribution in [2.45, 2.75) is 6.92 Å². The highest BCUT2D eigenvalue weighted by atomic mass is 79.9. The van der Waals surface area contributed by atoms with Crippen LogP contribution in [0.1, 0.15) is 12.5 Å². The molecule has 0 saturated carbocycles. The fourth-order valence-electron chi connectivity index (χ4n) is 1.02. The van der Waals surface area contributed by atoms with Gasteiger partial charge in [-0.1, -0.05) is 12.1 Å². The molecule has 0 bridgehead atoms. The minimum Gasteiger partial charge on any atom is -0.497 e. The van der Waals surface area contributed by atoms with Crippen molar-refractivity contribution in [2.24, 2.45) is 0 Å². The van der Waals surface area contributed by atoms with Crippen molar-refractivity contribution in [3.63, 3.8) is 0 Å². The highest BCUT2D eigenvalue weighted by molar-refractivity contribution is 9.15. The molecule has 14 heavy (non-hydrogen) atoms. The van der Waals surface area contributed by atoms with Crippen molar-refractivity contribution in [1.82, 2.24) is 0 Å². The van der Waals surface area contributed by atoms with Gasteiger partial charge in [-0.3, -0.25) is 4.79 Å². The van der Waals surface area contributed by atoms with Gasteiger partial charge in [0.2, 0.25) is 0 Å². The van der Waals surface area contributed by atoms with Crippen molar-refractivity contribution in [1.29, 1.82) is 0 Å². The molecular weight excluding hydrogens is 244 g/mol. The van der Waals surface area contributed by atoms with Gasteiger partial charge in [-0.25, -0.2) is 0 Å². The first-order valence-electron chi connectivity index (χ1n) is 4.15. The van der Waals surface area contributed by atoms with Crippen LogP contribution < -0.4 is 4.74 Å². The first-order valence-corrected chi connectivity index (χ1v) is 4.94. The topological polar surface area (TPSA) is 26.3 Å². The number of aldehydes is 1. The summed E-state index contributed by atoms with van der Waals surface area (Å²) in [6, 6.07) is 7.51. The summed E-state index contributed by atoms with van der Waals surface area (Å²) in [5, 5.41) is 0. The van der Waals surface area contributed by atoms with E-state index >= 15 is 0 Å². The van der Waals surface area contributed by atoms with Gasteiger partial charge in [0.15, 0.2) is 0 Å². The maximum absolute atomic E-state index is 10.5. The SMILES string of the molecule is COc1ccc(/C(Br)=C(\C)C=O)cc1. The van der Waals surface area contributed by atoms with E-state index in [4.69, 9.17) is 4.74 Å². The van der Waals surface area contributed by atoms with Crippen molar-refractivity contribution >= 4 is 26.7 Å². The van der Waals surface area contributed by atoms with Gasteiger partial charge in [0.05, 0.1) is 7.11 Å². The Labute approximate surface area is 91.7 Å². The number of ether oxygens (including phenoxy) is 1. The quantitative estimate of drug-likeness (QED) is 0.613. The Kier molecular flexibility index (Phi) is 3.89. The molecule has 3 heteroatoms. The first kappa shape index (κ1) is 11.0. The normalized spacial score (nSPS) is 11.9. The number of rotatable bonds is 3. The van der Waals surface area contributed by atoms with E-state index in [9.17, 15) is 4.79 Å². The lowest BCUT2D eigenvalue weighted by atomic mass is 10.1. The number of halogens is 1. The van der Waals surface area contributed by atoms with E-state index in [-0.39, 0.29) is 0 Å². The highest BCUT2D eigenvalue weighted by Crippen LogP contribution is 2.25. The Morgan fingerprint density at radius 3 is 2.36 bits per heavy atom. The monoisotopic (exact) mass is 254 g/mol. The Morgan fingerprint density at radius 2 is 1.93 bits per heavy atom. The van der Waals surface area contributed by atoms with E-state index < -0.39 is 0 Å². The zero-order valence-electron chi connectivity index (χ0n) is 8.08. The Bertz CT molecular complexity index is 352. The van der Waals surface area contributed by atoms with E-state index in [1.165, 1.54) is 0 Å². The van der Waals surface area contributed by atoms with E-state index in [1.807, 2.05) is 24.3 Å². The maximum Gasteiger partial charge on any atom is 0.146 e. The fraction of sp³-hybridized carbons (Fsp3) is 0.182. The van der Waals surface area contributed by atoms with Crippen LogP contribution in [0.2, 0.25) is 0 Å². The second-order valence-electron chi connectivity index (χ2n) is 2.84. The summed E-state index contributed by atoms with van der Waals surface area (Å²) in [6.45, 7) is 1.77. The Hall–Kier alpha value is -1.09. The van der Waals surface area contributed by atoms with Gasteiger partial charge >= 0.3 is 0 Å². The smallest absolute Gasteiger partial charge is 0.146 e. The third-order valence-electron chi connectivity index (χ3n) is 1.87. The molecule has 0 heterocycles. The molecular formula is C11H11BrO2. The fourth-order valence-corrected chi connectivity index (χ4v) is 1.37. The van der Waals surface area contributed by atoms with Crippen molar-refractivity contribution < 1.29 is 9.53 Å². The standard InChI is InChI=1S/C11H11BrO2/c1-8(7-13)11(12)9-3-5-10(14-2)6-4-9/h3-7H,1-2H3/b11-8-. The summed E-state index contributed by atoms with van der Waals surface area (Å²) >= 11 is 3.37. The molecule has 0 unspecified atom stereocenters. The second-order valence-corrected chi connectivity index (χ2v) is 3.64. The van der Waals surface area contributed by atoms with Crippen LogP contribution in [0.15, 0.2) is 29.8 Å². The van der Waals surface area contributed by atoms with Crippen LogP contribution in [0.25, 0.3) is 4.48 Å². The average molecular weight is 255 g/mol. The maximum atomic E-state index is 10.5.